The van der Waals surface area contributed by atoms with Crippen LogP contribution in [0.1, 0.15) is 46.0 Å². The second kappa shape index (κ2) is 6.83. The van der Waals surface area contributed by atoms with Crippen LogP contribution in [-0.2, 0) is 4.79 Å². The summed E-state index contributed by atoms with van der Waals surface area (Å²) in [7, 11) is 0. The molecule has 1 fully saturated rings. The number of hydrogen-bond donors (Lipinski definition) is 2. The van der Waals surface area contributed by atoms with E-state index in [2.05, 4.69) is 24.5 Å². The van der Waals surface area contributed by atoms with Gasteiger partial charge in [0, 0.05) is 19.0 Å². The molecule has 0 aromatic carbocycles. The first-order valence-corrected chi connectivity index (χ1v) is 6.18. The van der Waals surface area contributed by atoms with Crippen molar-refractivity contribution in [1.29, 1.82) is 0 Å². The molecule has 88 valence electrons. The van der Waals surface area contributed by atoms with Gasteiger partial charge in [0.2, 0.25) is 5.91 Å². The maximum absolute atomic E-state index is 11.5. The van der Waals surface area contributed by atoms with Gasteiger partial charge in [-0.2, -0.15) is 0 Å². The van der Waals surface area contributed by atoms with Gasteiger partial charge < -0.3 is 10.6 Å². The topological polar surface area (TPSA) is 41.1 Å². The molecule has 0 aromatic rings. The molecule has 0 aromatic heterocycles. The smallest absolute Gasteiger partial charge is 0.221 e. The summed E-state index contributed by atoms with van der Waals surface area (Å²) in [4.78, 5) is 11.5. The number of nitrogens with one attached hydrogen (secondary N) is 2. The zero-order chi connectivity index (χ0) is 11.1. The number of piperidine rings is 1. The Hall–Kier alpha value is -0.570. The summed E-state index contributed by atoms with van der Waals surface area (Å²) in [5.41, 5.74) is 0. The maximum Gasteiger partial charge on any atom is 0.221 e. The van der Waals surface area contributed by atoms with E-state index in [0.717, 1.165) is 25.9 Å². The lowest BCUT2D eigenvalue weighted by molar-refractivity contribution is -0.121. The lowest BCUT2D eigenvalue weighted by atomic mass is 10.0. The quantitative estimate of drug-likeness (QED) is 0.728. The van der Waals surface area contributed by atoms with Crippen molar-refractivity contribution in [3.63, 3.8) is 0 Å². The molecule has 1 atom stereocenters. The summed E-state index contributed by atoms with van der Waals surface area (Å²) in [5, 5.41) is 6.37. The molecule has 0 spiro atoms. The Morgan fingerprint density at radius 1 is 1.47 bits per heavy atom. The van der Waals surface area contributed by atoms with E-state index in [0.29, 0.717) is 18.4 Å². The molecular weight excluding hydrogens is 188 g/mol. The fraction of sp³-hybridized carbons (Fsp3) is 0.917. The van der Waals surface area contributed by atoms with Gasteiger partial charge in [-0.15, -0.1) is 0 Å². The van der Waals surface area contributed by atoms with E-state index in [4.69, 9.17) is 0 Å². The first-order valence-electron chi connectivity index (χ1n) is 6.18. The Labute approximate surface area is 93.0 Å². The third kappa shape index (κ3) is 5.78. The fourth-order valence-electron chi connectivity index (χ4n) is 1.89. The second-order valence-corrected chi connectivity index (χ2v) is 4.88. The Morgan fingerprint density at radius 3 is 2.87 bits per heavy atom. The van der Waals surface area contributed by atoms with E-state index < -0.39 is 0 Å². The van der Waals surface area contributed by atoms with Gasteiger partial charge in [0.15, 0.2) is 0 Å². The van der Waals surface area contributed by atoms with Crippen LogP contribution in [0.2, 0.25) is 0 Å². The third-order valence-corrected chi connectivity index (χ3v) is 2.89. The van der Waals surface area contributed by atoms with Crippen LogP contribution < -0.4 is 10.6 Å². The van der Waals surface area contributed by atoms with E-state index in [1.54, 1.807) is 0 Å². The van der Waals surface area contributed by atoms with E-state index in [1.165, 1.54) is 12.8 Å². The number of hydrogen-bond acceptors (Lipinski definition) is 2. The summed E-state index contributed by atoms with van der Waals surface area (Å²) in [6.45, 7) is 6.25. The molecule has 2 N–H and O–H groups in total. The Kier molecular flexibility index (Phi) is 5.69. The van der Waals surface area contributed by atoms with Crippen molar-refractivity contribution in [2.75, 3.05) is 13.1 Å². The summed E-state index contributed by atoms with van der Waals surface area (Å²) < 4.78 is 0. The van der Waals surface area contributed by atoms with Gasteiger partial charge in [-0.3, -0.25) is 4.79 Å². The standard InChI is InChI=1S/C12H24N2O/c1-10(2)6-8-14-12(15)9-11-5-3-4-7-13-11/h10-11,13H,3-9H2,1-2H3,(H,14,15). The molecule has 3 nitrogen and oxygen atoms in total. The summed E-state index contributed by atoms with van der Waals surface area (Å²) in [5.74, 6) is 0.869. The van der Waals surface area contributed by atoms with Crippen molar-refractivity contribution >= 4 is 5.91 Å². The highest BCUT2D eigenvalue weighted by atomic mass is 16.1. The van der Waals surface area contributed by atoms with Gasteiger partial charge in [-0.05, 0) is 31.7 Å². The van der Waals surface area contributed by atoms with Crippen LogP contribution in [0, 0.1) is 5.92 Å². The largest absolute Gasteiger partial charge is 0.356 e. The lowest BCUT2D eigenvalue weighted by Gasteiger charge is -2.22. The molecule has 1 heterocycles. The van der Waals surface area contributed by atoms with Crippen LogP contribution in [0.5, 0.6) is 0 Å². The normalized spacial score (nSPS) is 21.7. The van der Waals surface area contributed by atoms with Gasteiger partial charge in [0.05, 0.1) is 0 Å². The first-order chi connectivity index (χ1) is 7.18. The average molecular weight is 212 g/mol. The van der Waals surface area contributed by atoms with Crippen LogP contribution in [-0.4, -0.2) is 25.0 Å². The highest BCUT2D eigenvalue weighted by Crippen LogP contribution is 2.09. The van der Waals surface area contributed by atoms with Crippen LogP contribution in [0.3, 0.4) is 0 Å². The molecule has 3 heteroatoms. The van der Waals surface area contributed by atoms with Crippen LogP contribution >= 0.6 is 0 Å². The summed E-state index contributed by atoms with van der Waals surface area (Å²) >= 11 is 0. The van der Waals surface area contributed by atoms with Gasteiger partial charge in [-0.25, -0.2) is 0 Å². The Balaban J connectivity index is 2.06. The van der Waals surface area contributed by atoms with E-state index >= 15 is 0 Å². The Bertz CT molecular complexity index is 186. The monoisotopic (exact) mass is 212 g/mol. The number of rotatable bonds is 5. The minimum absolute atomic E-state index is 0.204. The van der Waals surface area contributed by atoms with Crippen molar-refractivity contribution < 1.29 is 4.79 Å². The number of carbonyl (C=O) groups is 1. The highest BCUT2D eigenvalue weighted by Gasteiger charge is 2.15. The molecule has 0 radical (unpaired) electrons. The molecule has 1 amide bonds. The zero-order valence-electron chi connectivity index (χ0n) is 10.0. The van der Waals surface area contributed by atoms with Crippen molar-refractivity contribution in [3.8, 4) is 0 Å². The average Bonchev–Trinajstić information content (AvgIpc) is 2.18. The molecule has 1 rings (SSSR count). The first kappa shape index (κ1) is 12.5. The predicted octanol–water partition coefficient (Wildman–Crippen LogP) is 1.68. The van der Waals surface area contributed by atoms with E-state index in [9.17, 15) is 4.79 Å². The van der Waals surface area contributed by atoms with Gasteiger partial charge in [0.1, 0.15) is 0 Å². The third-order valence-electron chi connectivity index (χ3n) is 2.89. The van der Waals surface area contributed by atoms with Crippen molar-refractivity contribution in [2.24, 2.45) is 5.92 Å². The van der Waals surface area contributed by atoms with Crippen molar-refractivity contribution in [1.82, 2.24) is 10.6 Å². The van der Waals surface area contributed by atoms with Gasteiger partial charge in [0.25, 0.3) is 0 Å². The van der Waals surface area contributed by atoms with Crippen molar-refractivity contribution in [2.45, 2.75) is 52.0 Å². The summed E-state index contributed by atoms with van der Waals surface area (Å²) in [6.07, 6.45) is 5.39. The van der Waals surface area contributed by atoms with Crippen LogP contribution in [0.15, 0.2) is 0 Å². The second-order valence-electron chi connectivity index (χ2n) is 4.88. The SMILES string of the molecule is CC(C)CCNC(=O)CC1CCCCN1. The molecule has 1 aliphatic heterocycles. The Morgan fingerprint density at radius 2 is 2.27 bits per heavy atom. The molecule has 1 aliphatic rings. The number of amides is 1. The minimum Gasteiger partial charge on any atom is -0.356 e. The zero-order valence-corrected chi connectivity index (χ0v) is 10.0. The predicted molar refractivity (Wildman–Crippen MR) is 62.7 cm³/mol. The molecular formula is C12H24N2O. The highest BCUT2D eigenvalue weighted by molar-refractivity contribution is 5.76. The van der Waals surface area contributed by atoms with Gasteiger partial charge >= 0.3 is 0 Å². The molecule has 15 heavy (non-hydrogen) atoms. The van der Waals surface area contributed by atoms with Crippen LogP contribution in [0.25, 0.3) is 0 Å². The van der Waals surface area contributed by atoms with E-state index in [1.807, 2.05) is 0 Å². The minimum atomic E-state index is 0.204. The molecule has 0 aliphatic carbocycles. The molecule has 1 unspecified atom stereocenters. The van der Waals surface area contributed by atoms with Crippen molar-refractivity contribution in [3.05, 3.63) is 0 Å². The molecule has 0 saturated carbocycles. The molecule has 1 saturated heterocycles. The number of carbonyl (C=O) groups excluding carboxylic acids is 1. The lowest BCUT2D eigenvalue weighted by Crippen LogP contribution is -2.39. The van der Waals surface area contributed by atoms with Gasteiger partial charge in [-0.1, -0.05) is 20.3 Å². The fourth-order valence-corrected chi connectivity index (χ4v) is 1.89. The molecule has 0 bridgehead atoms. The van der Waals surface area contributed by atoms with Crippen LogP contribution in [0.4, 0.5) is 0 Å². The maximum atomic E-state index is 11.5. The summed E-state index contributed by atoms with van der Waals surface area (Å²) in [6, 6.07) is 0.415. The van der Waals surface area contributed by atoms with E-state index in [-0.39, 0.29) is 5.91 Å².